The van der Waals surface area contributed by atoms with E-state index in [-0.39, 0.29) is 0 Å². The van der Waals surface area contributed by atoms with E-state index < -0.39 is 0 Å². The van der Waals surface area contributed by atoms with Crippen LogP contribution in [0.3, 0.4) is 0 Å². The topological polar surface area (TPSA) is 64.7 Å². The second kappa shape index (κ2) is 11.6. The number of fused-ring (bicyclic) bond motifs is 6. The maximum absolute atomic E-state index is 6.67. The Kier molecular flexibility index (Phi) is 6.60. The molecule has 0 atom stereocenters. The molecule has 50 heavy (non-hydrogen) atoms. The van der Waals surface area contributed by atoms with Gasteiger partial charge in [0.1, 0.15) is 16.2 Å². The van der Waals surface area contributed by atoms with Gasteiger partial charge in [-0.25, -0.2) is 19.9 Å². The molecule has 0 aliphatic heterocycles. The molecule has 3 heterocycles. The van der Waals surface area contributed by atoms with Crippen LogP contribution >= 0.6 is 11.3 Å². The minimum absolute atomic E-state index is 0.546. The van der Waals surface area contributed by atoms with Crippen LogP contribution in [0.4, 0.5) is 0 Å². The molecule has 0 bridgehead atoms. The molecule has 0 amide bonds. The number of furan rings is 1. The molecule has 0 saturated carbocycles. The van der Waals surface area contributed by atoms with Crippen molar-refractivity contribution in [1.82, 2.24) is 19.9 Å². The van der Waals surface area contributed by atoms with Crippen LogP contribution in [0.2, 0.25) is 0 Å². The zero-order valence-corrected chi connectivity index (χ0v) is 27.4. The highest BCUT2D eigenvalue weighted by atomic mass is 32.1. The Morgan fingerprint density at radius 3 is 1.86 bits per heavy atom. The van der Waals surface area contributed by atoms with Gasteiger partial charge in [-0.15, -0.1) is 11.3 Å². The van der Waals surface area contributed by atoms with Gasteiger partial charge in [-0.05, 0) is 40.6 Å². The Morgan fingerprint density at radius 1 is 0.440 bits per heavy atom. The van der Waals surface area contributed by atoms with Gasteiger partial charge in [-0.1, -0.05) is 133 Å². The molecule has 3 aromatic heterocycles. The number of para-hydroxylation sites is 1. The number of hydrogen-bond donors (Lipinski definition) is 0. The van der Waals surface area contributed by atoms with Crippen LogP contribution < -0.4 is 0 Å². The normalized spacial score (nSPS) is 11.6. The van der Waals surface area contributed by atoms with E-state index in [4.69, 9.17) is 24.4 Å². The molecule has 0 spiro atoms. The van der Waals surface area contributed by atoms with Crippen molar-refractivity contribution in [3.05, 3.63) is 158 Å². The quantitative estimate of drug-likeness (QED) is 0.184. The number of thiazole rings is 1. The Morgan fingerprint density at radius 2 is 1.08 bits per heavy atom. The molecule has 7 aromatic carbocycles. The molecular formula is C44H26N4OS. The van der Waals surface area contributed by atoms with Crippen molar-refractivity contribution in [2.24, 2.45) is 0 Å². The van der Waals surface area contributed by atoms with Crippen molar-refractivity contribution in [1.29, 1.82) is 0 Å². The van der Waals surface area contributed by atoms with Crippen LogP contribution in [0.1, 0.15) is 0 Å². The Labute approximate surface area is 291 Å². The van der Waals surface area contributed by atoms with Gasteiger partial charge in [0.05, 0.1) is 21.2 Å². The van der Waals surface area contributed by atoms with Crippen molar-refractivity contribution in [3.63, 3.8) is 0 Å². The molecule has 234 valence electrons. The van der Waals surface area contributed by atoms with Crippen LogP contribution in [0.15, 0.2) is 162 Å². The van der Waals surface area contributed by atoms with E-state index in [9.17, 15) is 0 Å². The van der Waals surface area contributed by atoms with Gasteiger partial charge in [0.15, 0.2) is 17.5 Å². The van der Waals surface area contributed by atoms with Crippen LogP contribution in [0.5, 0.6) is 0 Å². The van der Waals surface area contributed by atoms with E-state index in [1.165, 1.54) is 0 Å². The number of aromatic nitrogens is 4. The highest BCUT2D eigenvalue weighted by Crippen LogP contribution is 2.42. The zero-order chi connectivity index (χ0) is 33.0. The smallest absolute Gasteiger partial charge is 0.167 e. The lowest BCUT2D eigenvalue weighted by Crippen LogP contribution is -2.01. The minimum Gasteiger partial charge on any atom is -0.455 e. The average Bonchev–Trinajstić information content (AvgIpc) is 3.80. The Hall–Kier alpha value is -6.50. The largest absolute Gasteiger partial charge is 0.455 e. The van der Waals surface area contributed by atoms with Crippen molar-refractivity contribution in [2.45, 2.75) is 0 Å². The van der Waals surface area contributed by atoms with E-state index in [1.54, 1.807) is 11.3 Å². The van der Waals surface area contributed by atoms with Crippen molar-refractivity contribution in [3.8, 4) is 55.9 Å². The summed E-state index contributed by atoms with van der Waals surface area (Å²) < 4.78 is 7.78. The summed E-state index contributed by atoms with van der Waals surface area (Å²) in [6, 6.07) is 53.9. The summed E-state index contributed by atoms with van der Waals surface area (Å²) in [7, 11) is 0. The standard InChI is InChI=1S/C44H26N4OS/c1-4-14-28(15-5-1)37-31-20-11-10-13-27(31)23-24-33(37)42-46-41(29-16-6-2-7-17-29)47-43(48-42)34-22-12-21-32-38-35(49-40(32)34)25-26-36-39(38)45-44(50-36)30-18-8-3-9-19-30/h1-26H. The van der Waals surface area contributed by atoms with Crippen LogP contribution in [-0.2, 0) is 0 Å². The predicted octanol–water partition coefficient (Wildman–Crippen LogP) is 11.9. The summed E-state index contributed by atoms with van der Waals surface area (Å²) in [4.78, 5) is 20.6. The van der Waals surface area contributed by atoms with Gasteiger partial charge >= 0.3 is 0 Å². The molecule has 0 aliphatic carbocycles. The lowest BCUT2D eigenvalue weighted by molar-refractivity contribution is 0.670. The average molecular weight is 659 g/mol. The maximum Gasteiger partial charge on any atom is 0.167 e. The second-order valence-electron chi connectivity index (χ2n) is 12.2. The first-order valence-electron chi connectivity index (χ1n) is 16.5. The summed E-state index contributed by atoms with van der Waals surface area (Å²) in [6.45, 7) is 0. The molecule has 10 aromatic rings. The number of nitrogens with zero attached hydrogens (tertiary/aromatic N) is 4. The summed E-state index contributed by atoms with van der Waals surface area (Å²) in [5.41, 5.74) is 8.38. The van der Waals surface area contributed by atoms with Crippen LogP contribution in [0.25, 0.3) is 98.8 Å². The highest BCUT2D eigenvalue weighted by Gasteiger charge is 2.22. The number of hydrogen-bond acceptors (Lipinski definition) is 6. The lowest BCUT2D eigenvalue weighted by Gasteiger charge is -2.14. The molecule has 5 nitrogen and oxygen atoms in total. The first kappa shape index (κ1) is 28.5. The van der Waals surface area contributed by atoms with Gasteiger partial charge in [0, 0.05) is 27.6 Å². The Balaban J connectivity index is 1.23. The van der Waals surface area contributed by atoms with Crippen molar-refractivity contribution in [2.75, 3.05) is 0 Å². The van der Waals surface area contributed by atoms with Gasteiger partial charge in [0.2, 0.25) is 0 Å². The van der Waals surface area contributed by atoms with Crippen molar-refractivity contribution < 1.29 is 4.42 Å². The van der Waals surface area contributed by atoms with Crippen LogP contribution in [-0.4, -0.2) is 19.9 Å². The second-order valence-corrected chi connectivity index (χ2v) is 13.2. The predicted molar refractivity (Wildman–Crippen MR) is 205 cm³/mol. The molecule has 0 saturated heterocycles. The van der Waals surface area contributed by atoms with E-state index in [1.807, 2.05) is 72.8 Å². The lowest BCUT2D eigenvalue weighted by atomic mass is 9.93. The fourth-order valence-electron chi connectivity index (χ4n) is 6.86. The van der Waals surface area contributed by atoms with Crippen molar-refractivity contribution >= 4 is 54.3 Å². The molecule has 0 aliphatic rings. The van der Waals surface area contributed by atoms with Gasteiger partial charge < -0.3 is 4.42 Å². The van der Waals surface area contributed by atoms with E-state index in [2.05, 4.69) is 84.9 Å². The molecule has 10 rings (SSSR count). The van der Waals surface area contributed by atoms with E-state index in [0.717, 1.165) is 81.3 Å². The third kappa shape index (κ3) is 4.69. The van der Waals surface area contributed by atoms with Gasteiger partial charge in [0.25, 0.3) is 0 Å². The molecule has 0 radical (unpaired) electrons. The van der Waals surface area contributed by atoms with Gasteiger partial charge in [-0.3, -0.25) is 0 Å². The van der Waals surface area contributed by atoms with E-state index in [0.29, 0.717) is 17.5 Å². The third-order valence-electron chi connectivity index (χ3n) is 9.18. The SMILES string of the molecule is c1ccc(-c2nc(-c3ccc4ccccc4c3-c3ccccc3)nc(-c3cccc4c3oc3ccc5sc(-c6ccccc6)nc5c34)n2)cc1. The zero-order valence-electron chi connectivity index (χ0n) is 26.6. The fourth-order valence-corrected chi connectivity index (χ4v) is 7.84. The highest BCUT2D eigenvalue weighted by molar-refractivity contribution is 7.21. The Bertz CT molecular complexity index is 2860. The molecule has 0 unspecified atom stereocenters. The minimum atomic E-state index is 0.546. The first-order chi connectivity index (χ1) is 24.8. The fraction of sp³-hybridized carbons (Fsp3) is 0. The monoisotopic (exact) mass is 658 g/mol. The summed E-state index contributed by atoms with van der Waals surface area (Å²) in [6.07, 6.45) is 0. The number of benzene rings is 7. The first-order valence-corrected chi connectivity index (χ1v) is 17.3. The summed E-state index contributed by atoms with van der Waals surface area (Å²) in [5.74, 6) is 1.74. The molecule has 0 fully saturated rings. The molecule has 6 heteroatoms. The molecular weight excluding hydrogens is 633 g/mol. The van der Waals surface area contributed by atoms with Gasteiger partial charge in [-0.2, -0.15) is 0 Å². The maximum atomic E-state index is 6.67. The summed E-state index contributed by atoms with van der Waals surface area (Å²) >= 11 is 1.69. The van der Waals surface area contributed by atoms with E-state index >= 15 is 0 Å². The molecule has 0 N–H and O–H groups in total. The third-order valence-corrected chi connectivity index (χ3v) is 10.3. The summed E-state index contributed by atoms with van der Waals surface area (Å²) in [5, 5.41) is 5.26. The number of rotatable bonds is 5. The van der Waals surface area contributed by atoms with Crippen LogP contribution in [0, 0.1) is 0 Å².